The summed E-state index contributed by atoms with van der Waals surface area (Å²) in [7, 11) is 0. The van der Waals surface area contributed by atoms with Crippen LogP contribution >= 0.6 is 15.9 Å². The number of amides is 1. The number of benzene rings is 2. The van der Waals surface area contributed by atoms with Crippen molar-refractivity contribution in [2.75, 3.05) is 5.32 Å². The van der Waals surface area contributed by atoms with Crippen LogP contribution in [0.4, 0.5) is 5.69 Å². The molecular formula is C15H11BrN2O2. The number of phenols is 1. The van der Waals surface area contributed by atoms with Gasteiger partial charge in [0, 0.05) is 4.47 Å². The molecule has 0 unspecified atom stereocenters. The van der Waals surface area contributed by atoms with Gasteiger partial charge in [0.25, 0.3) is 5.91 Å². The number of nitriles is 1. The van der Waals surface area contributed by atoms with Gasteiger partial charge in [0.2, 0.25) is 0 Å². The van der Waals surface area contributed by atoms with Crippen LogP contribution in [0, 0.1) is 18.3 Å². The molecule has 0 fully saturated rings. The molecule has 2 N–H and O–H groups in total. The van der Waals surface area contributed by atoms with E-state index in [0.29, 0.717) is 16.8 Å². The van der Waals surface area contributed by atoms with Gasteiger partial charge in [0.15, 0.2) is 0 Å². The molecule has 4 nitrogen and oxygen atoms in total. The zero-order valence-corrected chi connectivity index (χ0v) is 12.2. The molecule has 5 heteroatoms. The van der Waals surface area contributed by atoms with Crippen molar-refractivity contribution in [3.05, 3.63) is 57.6 Å². The van der Waals surface area contributed by atoms with Gasteiger partial charge in [0.1, 0.15) is 11.8 Å². The van der Waals surface area contributed by atoms with Crippen molar-refractivity contribution in [2.24, 2.45) is 0 Å². The number of carbonyl (C=O) groups excluding carboxylic acids is 1. The predicted molar refractivity (Wildman–Crippen MR) is 79.7 cm³/mol. The maximum atomic E-state index is 12.2. The normalized spacial score (nSPS) is 9.85. The Morgan fingerprint density at radius 1 is 1.35 bits per heavy atom. The molecule has 0 spiro atoms. The first-order valence-corrected chi connectivity index (χ1v) is 6.62. The third-order valence-corrected chi connectivity index (χ3v) is 3.33. The number of anilines is 1. The average Bonchev–Trinajstić information content (AvgIpc) is 2.42. The molecule has 2 rings (SSSR count). The van der Waals surface area contributed by atoms with E-state index >= 15 is 0 Å². The Labute approximate surface area is 124 Å². The number of nitrogens with zero attached hydrogens (tertiary/aromatic N) is 1. The maximum absolute atomic E-state index is 12.2. The summed E-state index contributed by atoms with van der Waals surface area (Å²) >= 11 is 3.29. The van der Waals surface area contributed by atoms with E-state index in [4.69, 9.17) is 5.26 Å². The number of hydrogen-bond acceptors (Lipinski definition) is 3. The Morgan fingerprint density at radius 3 is 2.80 bits per heavy atom. The van der Waals surface area contributed by atoms with Gasteiger partial charge < -0.3 is 10.4 Å². The molecule has 0 aliphatic rings. The van der Waals surface area contributed by atoms with Crippen LogP contribution in [-0.2, 0) is 0 Å². The Bertz CT molecular complexity index is 720. The smallest absolute Gasteiger partial charge is 0.259 e. The number of carbonyl (C=O) groups is 1. The molecule has 20 heavy (non-hydrogen) atoms. The van der Waals surface area contributed by atoms with E-state index in [9.17, 15) is 9.90 Å². The van der Waals surface area contributed by atoms with Gasteiger partial charge in [-0.05, 0) is 36.8 Å². The van der Waals surface area contributed by atoms with Gasteiger partial charge in [-0.15, -0.1) is 0 Å². The SMILES string of the molecule is Cc1cccc(C(=O)Nc2cc(Br)ccc2C#N)c1O. The highest BCUT2D eigenvalue weighted by Crippen LogP contribution is 2.25. The number of hydrogen-bond donors (Lipinski definition) is 2. The summed E-state index contributed by atoms with van der Waals surface area (Å²) in [6.45, 7) is 1.71. The minimum atomic E-state index is -0.458. The predicted octanol–water partition coefficient (Wildman–Crippen LogP) is 3.59. The summed E-state index contributed by atoms with van der Waals surface area (Å²) in [6, 6.07) is 11.9. The minimum absolute atomic E-state index is 0.0569. The average molecular weight is 331 g/mol. The second-order valence-corrected chi connectivity index (χ2v) is 5.14. The zero-order valence-electron chi connectivity index (χ0n) is 10.6. The van der Waals surface area contributed by atoms with E-state index in [0.717, 1.165) is 4.47 Å². The molecule has 0 aliphatic carbocycles. The van der Waals surface area contributed by atoms with Gasteiger partial charge >= 0.3 is 0 Å². The number of halogens is 1. The lowest BCUT2D eigenvalue weighted by Crippen LogP contribution is -2.13. The standard InChI is InChI=1S/C15H11BrN2O2/c1-9-3-2-4-12(14(9)19)15(20)18-13-7-11(16)6-5-10(13)8-17/h2-7,19H,1H3,(H,18,20). The molecule has 0 saturated heterocycles. The molecule has 1 amide bonds. The van der Waals surface area contributed by atoms with Crippen LogP contribution in [-0.4, -0.2) is 11.0 Å². The van der Waals surface area contributed by atoms with Crippen LogP contribution in [0.1, 0.15) is 21.5 Å². The number of rotatable bonds is 2. The molecule has 0 aliphatic heterocycles. The van der Waals surface area contributed by atoms with E-state index in [1.54, 1.807) is 37.3 Å². The first-order valence-electron chi connectivity index (χ1n) is 5.82. The lowest BCUT2D eigenvalue weighted by atomic mass is 10.1. The minimum Gasteiger partial charge on any atom is -0.507 e. The summed E-state index contributed by atoms with van der Waals surface area (Å²) < 4.78 is 0.750. The summed E-state index contributed by atoms with van der Waals surface area (Å²) in [5, 5.41) is 21.6. The third kappa shape index (κ3) is 2.81. The van der Waals surface area contributed by atoms with Crippen LogP contribution in [0.5, 0.6) is 5.75 Å². The molecule has 2 aromatic carbocycles. The zero-order chi connectivity index (χ0) is 14.7. The van der Waals surface area contributed by atoms with Crippen molar-refractivity contribution >= 4 is 27.5 Å². The first kappa shape index (κ1) is 14.1. The highest BCUT2D eigenvalue weighted by molar-refractivity contribution is 9.10. The lowest BCUT2D eigenvalue weighted by Gasteiger charge is -2.10. The first-order chi connectivity index (χ1) is 9.52. The summed E-state index contributed by atoms with van der Waals surface area (Å²) in [5.74, 6) is -0.515. The van der Waals surface area contributed by atoms with Gasteiger partial charge in [0.05, 0.1) is 16.8 Å². The third-order valence-electron chi connectivity index (χ3n) is 2.83. The van der Waals surface area contributed by atoms with Gasteiger partial charge in [-0.3, -0.25) is 4.79 Å². The molecule has 0 heterocycles. The van der Waals surface area contributed by atoms with Gasteiger partial charge in [-0.2, -0.15) is 5.26 Å². The van der Waals surface area contributed by atoms with Crippen molar-refractivity contribution in [1.82, 2.24) is 0 Å². The van der Waals surface area contributed by atoms with Crippen LogP contribution in [0.25, 0.3) is 0 Å². The quantitative estimate of drug-likeness (QED) is 0.883. The second kappa shape index (κ2) is 5.76. The van der Waals surface area contributed by atoms with Gasteiger partial charge in [-0.25, -0.2) is 0 Å². The van der Waals surface area contributed by atoms with Gasteiger partial charge in [-0.1, -0.05) is 28.1 Å². The fourth-order valence-corrected chi connectivity index (χ4v) is 2.11. The molecule has 0 aromatic heterocycles. The van der Waals surface area contributed by atoms with Crippen LogP contribution in [0.15, 0.2) is 40.9 Å². The fraction of sp³-hybridized carbons (Fsp3) is 0.0667. The number of para-hydroxylation sites is 1. The molecule has 2 aromatic rings. The van der Waals surface area contributed by atoms with Crippen LogP contribution in [0.2, 0.25) is 0 Å². The Morgan fingerprint density at radius 2 is 2.10 bits per heavy atom. The van der Waals surface area contributed by atoms with Crippen molar-refractivity contribution in [3.8, 4) is 11.8 Å². The van der Waals surface area contributed by atoms with E-state index in [-0.39, 0.29) is 11.3 Å². The number of aromatic hydroxyl groups is 1. The molecule has 0 atom stereocenters. The highest BCUT2D eigenvalue weighted by Gasteiger charge is 2.14. The number of phenolic OH excluding ortho intramolecular Hbond substituents is 1. The van der Waals surface area contributed by atoms with E-state index in [2.05, 4.69) is 21.2 Å². The molecule has 0 radical (unpaired) electrons. The Balaban J connectivity index is 2.35. The van der Waals surface area contributed by atoms with E-state index in [1.165, 1.54) is 6.07 Å². The highest BCUT2D eigenvalue weighted by atomic mass is 79.9. The van der Waals surface area contributed by atoms with Crippen molar-refractivity contribution in [1.29, 1.82) is 5.26 Å². The van der Waals surface area contributed by atoms with Crippen LogP contribution in [0.3, 0.4) is 0 Å². The topological polar surface area (TPSA) is 73.1 Å². The van der Waals surface area contributed by atoms with E-state index in [1.807, 2.05) is 6.07 Å². The van der Waals surface area contributed by atoms with Crippen molar-refractivity contribution in [3.63, 3.8) is 0 Å². The van der Waals surface area contributed by atoms with Crippen molar-refractivity contribution < 1.29 is 9.90 Å². The van der Waals surface area contributed by atoms with Crippen LogP contribution < -0.4 is 5.32 Å². The van der Waals surface area contributed by atoms with Crippen molar-refractivity contribution in [2.45, 2.75) is 6.92 Å². The second-order valence-electron chi connectivity index (χ2n) is 4.23. The Hall–Kier alpha value is -2.32. The summed E-state index contributed by atoms with van der Waals surface area (Å²) in [4.78, 5) is 12.2. The molecular weight excluding hydrogens is 320 g/mol. The Kier molecular flexibility index (Phi) is 4.06. The fourth-order valence-electron chi connectivity index (χ4n) is 1.75. The molecule has 100 valence electrons. The summed E-state index contributed by atoms with van der Waals surface area (Å²) in [5.41, 5.74) is 1.54. The molecule has 0 saturated carbocycles. The summed E-state index contributed by atoms with van der Waals surface area (Å²) in [6.07, 6.45) is 0. The lowest BCUT2D eigenvalue weighted by molar-refractivity contribution is 0.102. The monoisotopic (exact) mass is 330 g/mol. The number of aryl methyl sites for hydroxylation is 1. The largest absolute Gasteiger partial charge is 0.507 e. The molecule has 0 bridgehead atoms. The maximum Gasteiger partial charge on any atom is 0.259 e. The van der Waals surface area contributed by atoms with E-state index < -0.39 is 5.91 Å². The number of nitrogens with one attached hydrogen (secondary N) is 1.